The molecule has 6 heteroatoms. The summed E-state index contributed by atoms with van der Waals surface area (Å²) in [4.78, 5) is 28.7. The molecule has 2 rings (SSSR count). The molecule has 1 N–H and O–H groups in total. The van der Waals surface area contributed by atoms with Crippen molar-refractivity contribution in [3.8, 4) is 0 Å². The van der Waals surface area contributed by atoms with Gasteiger partial charge in [-0.25, -0.2) is 4.98 Å². The maximum Gasteiger partial charge on any atom is 0.229 e. The molecule has 0 atom stereocenters. The van der Waals surface area contributed by atoms with Crippen LogP contribution in [-0.4, -0.2) is 38.4 Å². The van der Waals surface area contributed by atoms with Crippen molar-refractivity contribution < 1.29 is 9.59 Å². The van der Waals surface area contributed by atoms with Crippen molar-refractivity contribution in [3.63, 3.8) is 0 Å². The van der Waals surface area contributed by atoms with Gasteiger partial charge in [0.05, 0.1) is 0 Å². The van der Waals surface area contributed by atoms with E-state index in [0.717, 1.165) is 12.2 Å². The Kier molecular flexibility index (Phi) is 3.51. The molecule has 6 nitrogen and oxygen atoms in total. The number of nitrogens with zero attached hydrogens (tertiary/aromatic N) is 3. The number of rotatable bonds is 4. The van der Waals surface area contributed by atoms with Crippen LogP contribution >= 0.6 is 0 Å². The van der Waals surface area contributed by atoms with Gasteiger partial charge in [0.15, 0.2) is 0 Å². The molecule has 1 saturated heterocycles. The number of carbonyl (C=O) groups excluding carboxylic acids is 2. The largest absolute Gasteiger partial charge is 0.283 e. The Morgan fingerprint density at radius 2 is 2.12 bits per heavy atom. The lowest BCUT2D eigenvalue weighted by Crippen LogP contribution is -2.43. The molecule has 17 heavy (non-hydrogen) atoms. The fourth-order valence-corrected chi connectivity index (χ4v) is 2.03. The normalized spacial score (nSPS) is 17.8. The van der Waals surface area contributed by atoms with E-state index in [-0.39, 0.29) is 17.7 Å². The van der Waals surface area contributed by atoms with Gasteiger partial charge in [0.1, 0.15) is 12.2 Å². The minimum absolute atomic E-state index is 0.0497. The Bertz CT molecular complexity index is 384. The van der Waals surface area contributed by atoms with Gasteiger partial charge in [0, 0.05) is 25.8 Å². The lowest BCUT2D eigenvalue weighted by molar-refractivity contribution is -0.149. The van der Waals surface area contributed by atoms with E-state index in [1.807, 2.05) is 6.92 Å². The van der Waals surface area contributed by atoms with Crippen LogP contribution in [0.2, 0.25) is 0 Å². The second kappa shape index (κ2) is 5.07. The van der Waals surface area contributed by atoms with Crippen LogP contribution in [0.25, 0.3) is 0 Å². The van der Waals surface area contributed by atoms with Gasteiger partial charge < -0.3 is 0 Å². The Hall–Kier alpha value is -1.72. The van der Waals surface area contributed by atoms with E-state index in [4.69, 9.17) is 0 Å². The van der Waals surface area contributed by atoms with Crippen LogP contribution in [0.3, 0.4) is 0 Å². The zero-order chi connectivity index (χ0) is 12.3. The molecule has 0 spiro atoms. The first kappa shape index (κ1) is 11.8. The maximum atomic E-state index is 11.7. The van der Waals surface area contributed by atoms with Crippen molar-refractivity contribution in [1.29, 1.82) is 0 Å². The molecular weight excluding hydrogens is 220 g/mol. The second-order valence-electron chi connectivity index (χ2n) is 4.49. The smallest absolute Gasteiger partial charge is 0.229 e. The van der Waals surface area contributed by atoms with Crippen LogP contribution in [0.5, 0.6) is 0 Å². The minimum Gasteiger partial charge on any atom is -0.283 e. The molecule has 0 aliphatic carbocycles. The number of nitrogens with one attached hydrogen (secondary N) is 1. The van der Waals surface area contributed by atoms with Crippen molar-refractivity contribution >= 4 is 11.8 Å². The van der Waals surface area contributed by atoms with Crippen LogP contribution in [0.15, 0.2) is 6.33 Å². The summed E-state index contributed by atoms with van der Waals surface area (Å²) in [6.45, 7) is 2.41. The van der Waals surface area contributed by atoms with Crippen molar-refractivity contribution in [2.45, 2.75) is 32.6 Å². The summed E-state index contributed by atoms with van der Waals surface area (Å²) in [6, 6.07) is 0. The number of carbonyl (C=O) groups is 2. The molecule has 0 unspecified atom stereocenters. The maximum absolute atomic E-state index is 11.7. The predicted octanol–water partition coefficient (Wildman–Crippen LogP) is 0.522. The summed E-state index contributed by atoms with van der Waals surface area (Å²) in [5.74, 6) is 0.869. The molecule has 0 radical (unpaired) electrons. The van der Waals surface area contributed by atoms with E-state index >= 15 is 0 Å². The highest BCUT2D eigenvalue weighted by Crippen LogP contribution is 2.18. The van der Waals surface area contributed by atoms with E-state index in [0.29, 0.717) is 25.8 Å². The number of likely N-dealkylation sites (tertiary alicyclic amines) is 1. The minimum atomic E-state index is -0.0497. The van der Waals surface area contributed by atoms with E-state index in [1.165, 1.54) is 11.2 Å². The van der Waals surface area contributed by atoms with Crippen LogP contribution in [-0.2, 0) is 16.0 Å². The van der Waals surface area contributed by atoms with Gasteiger partial charge in [-0.1, -0.05) is 6.92 Å². The van der Waals surface area contributed by atoms with Gasteiger partial charge in [0.25, 0.3) is 0 Å². The monoisotopic (exact) mass is 236 g/mol. The van der Waals surface area contributed by atoms with Gasteiger partial charge in [-0.15, -0.1) is 0 Å². The Balaban J connectivity index is 1.82. The summed E-state index contributed by atoms with van der Waals surface area (Å²) in [6.07, 6.45) is 3.84. The van der Waals surface area contributed by atoms with E-state index in [1.54, 1.807) is 0 Å². The summed E-state index contributed by atoms with van der Waals surface area (Å²) in [5, 5.41) is 6.50. The highest BCUT2D eigenvalue weighted by Gasteiger charge is 2.29. The fraction of sp³-hybridized carbons (Fsp3) is 0.636. The third-order valence-corrected chi connectivity index (χ3v) is 2.91. The van der Waals surface area contributed by atoms with E-state index < -0.39 is 0 Å². The fourth-order valence-electron chi connectivity index (χ4n) is 2.03. The van der Waals surface area contributed by atoms with Crippen molar-refractivity contribution in [2.75, 3.05) is 6.54 Å². The van der Waals surface area contributed by atoms with Crippen molar-refractivity contribution in [2.24, 2.45) is 5.92 Å². The first-order chi connectivity index (χ1) is 8.16. The number of hydrogen-bond donors (Lipinski definition) is 1. The average molecular weight is 236 g/mol. The molecule has 1 fully saturated rings. The first-order valence-corrected chi connectivity index (χ1v) is 5.84. The zero-order valence-electron chi connectivity index (χ0n) is 9.85. The van der Waals surface area contributed by atoms with Crippen LogP contribution in [0.1, 0.15) is 32.0 Å². The highest BCUT2D eigenvalue weighted by atomic mass is 16.2. The molecule has 1 aliphatic heterocycles. The van der Waals surface area contributed by atoms with Gasteiger partial charge >= 0.3 is 0 Å². The molecule has 0 bridgehead atoms. The van der Waals surface area contributed by atoms with E-state index in [2.05, 4.69) is 15.2 Å². The van der Waals surface area contributed by atoms with Gasteiger partial charge in [-0.2, -0.15) is 5.10 Å². The number of aryl methyl sites for hydroxylation is 1. The third-order valence-electron chi connectivity index (χ3n) is 2.91. The third kappa shape index (κ3) is 2.89. The summed E-state index contributed by atoms with van der Waals surface area (Å²) in [7, 11) is 0. The second-order valence-corrected chi connectivity index (χ2v) is 4.49. The van der Waals surface area contributed by atoms with Gasteiger partial charge in [0.2, 0.25) is 11.8 Å². The van der Waals surface area contributed by atoms with Gasteiger partial charge in [-0.05, 0) is 12.3 Å². The Morgan fingerprint density at radius 1 is 1.41 bits per heavy atom. The molecule has 2 amide bonds. The number of piperidine rings is 1. The van der Waals surface area contributed by atoms with Crippen molar-refractivity contribution in [3.05, 3.63) is 12.2 Å². The molecule has 0 saturated carbocycles. The molecule has 0 aromatic carbocycles. The Morgan fingerprint density at radius 3 is 2.71 bits per heavy atom. The molecule has 1 aromatic heterocycles. The number of amides is 2. The van der Waals surface area contributed by atoms with Crippen LogP contribution < -0.4 is 0 Å². The molecule has 92 valence electrons. The SMILES string of the molecule is CC1CC(=O)N(CCCc2ncn[nH]2)C(=O)C1. The summed E-state index contributed by atoms with van der Waals surface area (Å²) >= 11 is 0. The molecule has 2 heterocycles. The zero-order valence-corrected chi connectivity index (χ0v) is 9.85. The summed E-state index contributed by atoms with van der Waals surface area (Å²) < 4.78 is 0. The van der Waals surface area contributed by atoms with E-state index in [9.17, 15) is 9.59 Å². The predicted molar refractivity (Wildman–Crippen MR) is 59.8 cm³/mol. The number of aromatic amines is 1. The van der Waals surface area contributed by atoms with Crippen molar-refractivity contribution in [1.82, 2.24) is 20.1 Å². The van der Waals surface area contributed by atoms with Crippen LogP contribution in [0, 0.1) is 5.92 Å². The lowest BCUT2D eigenvalue weighted by Gasteiger charge is -2.28. The lowest BCUT2D eigenvalue weighted by atomic mass is 9.97. The highest BCUT2D eigenvalue weighted by molar-refractivity contribution is 5.97. The van der Waals surface area contributed by atoms with Crippen LogP contribution in [0.4, 0.5) is 0 Å². The number of H-pyrrole nitrogens is 1. The topological polar surface area (TPSA) is 79.0 Å². The molecule has 1 aliphatic rings. The average Bonchev–Trinajstić information content (AvgIpc) is 2.74. The quantitative estimate of drug-likeness (QED) is 0.773. The number of imide groups is 1. The first-order valence-electron chi connectivity index (χ1n) is 5.84. The molecular formula is C11H16N4O2. The Labute approximate surface area is 99.4 Å². The molecule has 1 aromatic rings. The summed E-state index contributed by atoms with van der Waals surface area (Å²) in [5.41, 5.74) is 0. The number of aromatic nitrogens is 3. The van der Waals surface area contributed by atoms with Gasteiger partial charge in [-0.3, -0.25) is 19.6 Å². The standard InChI is InChI=1S/C11H16N4O2/c1-8-5-10(16)15(11(17)6-8)4-2-3-9-12-7-13-14-9/h7-8H,2-6H2,1H3,(H,12,13,14). The number of hydrogen-bond acceptors (Lipinski definition) is 4.